The van der Waals surface area contributed by atoms with Gasteiger partial charge in [-0.2, -0.15) is 4.39 Å². The zero-order chi connectivity index (χ0) is 12.4. The minimum Gasteiger partial charge on any atom is -0.485 e. The largest absolute Gasteiger partial charge is 0.485 e. The summed E-state index contributed by atoms with van der Waals surface area (Å²) < 4.78 is 32.1. The molecule has 0 aromatic heterocycles. The molecule has 0 radical (unpaired) electrons. The molecule has 0 unspecified atom stereocenters. The van der Waals surface area contributed by atoms with Crippen molar-refractivity contribution in [3.05, 3.63) is 23.8 Å². The van der Waals surface area contributed by atoms with Crippen molar-refractivity contribution in [2.45, 2.75) is 38.7 Å². The molecule has 0 spiro atoms. The van der Waals surface area contributed by atoms with E-state index >= 15 is 0 Å². The van der Waals surface area contributed by atoms with Crippen LogP contribution in [-0.4, -0.2) is 6.10 Å². The average molecular weight is 241 g/mol. The van der Waals surface area contributed by atoms with E-state index in [0.717, 1.165) is 31.7 Å². The molecule has 1 saturated carbocycles. The van der Waals surface area contributed by atoms with E-state index in [2.05, 4.69) is 6.92 Å². The molecule has 0 heterocycles. The van der Waals surface area contributed by atoms with E-state index in [0.29, 0.717) is 5.92 Å². The summed E-state index contributed by atoms with van der Waals surface area (Å²) in [6, 6.07) is 2.35. The third-order valence-electron chi connectivity index (χ3n) is 3.33. The number of ether oxygens (including phenoxy) is 1. The Labute approximate surface area is 99.8 Å². The zero-order valence-electron chi connectivity index (χ0n) is 9.88. The molecule has 0 atom stereocenters. The molecule has 94 valence electrons. The summed E-state index contributed by atoms with van der Waals surface area (Å²) in [4.78, 5) is 0. The first-order valence-electron chi connectivity index (χ1n) is 5.98. The van der Waals surface area contributed by atoms with Crippen LogP contribution in [0.1, 0.15) is 32.6 Å². The minimum absolute atomic E-state index is 0.0511. The number of hydrogen-bond donors (Lipinski definition) is 1. The predicted molar refractivity (Wildman–Crippen MR) is 62.8 cm³/mol. The Hall–Kier alpha value is -1.32. The summed E-state index contributed by atoms with van der Waals surface area (Å²) in [6.45, 7) is 2.19. The van der Waals surface area contributed by atoms with Crippen molar-refractivity contribution in [2.75, 3.05) is 5.73 Å². The Kier molecular flexibility index (Phi) is 3.50. The summed E-state index contributed by atoms with van der Waals surface area (Å²) in [5.41, 5.74) is 5.76. The van der Waals surface area contributed by atoms with Crippen molar-refractivity contribution in [3.8, 4) is 5.75 Å². The van der Waals surface area contributed by atoms with Gasteiger partial charge in [-0.15, -0.1) is 0 Å². The van der Waals surface area contributed by atoms with Gasteiger partial charge < -0.3 is 10.5 Å². The smallest absolute Gasteiger partial charge is 0.202 e. The summed E-state index contributed by atoms with van der Waals surface area (Å²) in [6.07, 6.45) is 3.81. The van der Waals surface area contributed by atoms with Crippen LogP contribution in [-0.2, 0) is 0 Å². The quantitative estimate of drug-likeness (QED) is 0.804. The molecule has 1 fully saturated rings. The SMILES string of the molecule is CC1CCC(Oc2c(N)ccc(F)c2F)CC1. The average Bonchev–Trinajstić information content (AvgIpc) is 2.32. The van der Waals surface area contributed by atoms with Crippen LogP contribution in [0, 0.1) is 17.6 Å². The van der Waals surface area contributed by atoms with Crippen LogP contribution in [0.2, 0.25) is 0 Å². The second kappa shape index (κ2) is 4.90. The summed E-state index contributed by atoms with van der Waals surface area (Å²) >= 11 is 0. The molecule has 1 aliphatic carbocycles. The highest BCUT2D eigenvalue weighted by Gasteiger charge is 2.22. The molecule has 1 aliphatic rings. The van der Waals surface area contributed by atoms with E-state index in [9.17, 15) is 8.78 Å². The highest BCUT2D eigenvalue weighted by molar-refractivity contribution is 5.53. The van der Waals surface area contributed by atoms with Gasteiger partial charge in [-0.25, -0.2) is 4.39 Å². The maximum absolute atomic E-state index is 13.5. The van der Waals surface area contributed by atoms with E-state index < -0.39 is 11.6 Å². The molecule has 1 aromatic rings. The molecule has 0 aliphatic heterocycles. The van der Waals surface area contributed by atoms with E-state index in [1.807, 2.05) is 0 Å². The number of hydrogen-bond acceptors (Lipinski definition) is 2. The Morgan fingerprint density at radius 1 is 1.18 bits per heavy atom. The van der Waals surface area contributed by atoms with Crippen LogP contribution >= 0.6 is 0 Å². The van der Waals surface area contributed by atoms with Gasteiger partial charge in [0.2, 0.25) is 5.82 Å². The molecule has 2 N–H and O–H groups in total. The van der Waals surface area contributed by atoms with Crippen molar-refractivity contribution in [1.29, 1.82) is 0 Å². The van der Waals surface area contributed by atoms with Crippen molar-refractivity contribution in [2.24, 2.45) is 5.92 Å². The molecule has 4 heteroatoms. The van der Waals surface area contributed by atoms with Crippen molar-refractivity contribution >= 4 is 5.69 Å². The van der Waals surface area contributed by atoms with Crippen LogP contribution < -0.4 is 10.5 Å². The van der Waals surface area contributed by atoms with Gasteiger partial charge in [-0.05, 0) is 43.7 Å². The summed E-state index contributed by atoms with van der Waals surface area (Å²) in [5, 5.41) is 0. The Bertz CT molecular complexity index is 401. The van der Waals surface area contributed by atoms with Crippen molar-refractivity contribution < 1.29 is 13.5 Å². The highest BCUT2D eigenvalue weighted by atomic mass is 19.2. The second-order valence-electron chi connectivity index (χ2n) is 4.78. The first-order valence-corrected chi connectivity index (χ1v) is 5.98. The number of rotatable bonds is 2. The van der Waals surface area contributed by atoms with Gasteiger partial charge in [0.05, 0.1) is 11.8 Å². The van der Waals surface area contributed by atoms with E-state index in [1.54, 1.807) is 0 Å². The Morgan fingerprint density at radius 2 is 1.82 bits per heavy atom. The van der Waals surface area contributed by atoms with Crippen molar-refractivity contribution in [3.63, 3.8) is 0 Å². The first-order chi connectivity index (χ1) is 8.08. The molecule has 0 saturated heterocycles. The molecule has 0 bridgehead atoms. The van der Waals surface area contributed by atoms with Crippen LogP contribution in [0.25, 0.3) is 0 Å². The van der Waals surface area contributed by atoms with Crippen LogP contribution in [0.3, 0.4) is 0 Å². The lowest BCUT2D eigenvalue weighted by molar-refractivity contribution is 0.130. The molecule has 17 heavy (non-hydrogen) atoms. The molecule has 2 nitrogen and oxygen atoms in total. The minimum atomic E-state index is -0.983. The number of nitrogen functional groups attached to an aromatic ring is 1. The summed E-state index contributed by atoms with van der Waals surface area (Å²) in [7, 11) is 0. The second-order valence-corrected chi connectivity index (χ2v) is 4.78. The lowest BCUT2D eigenvalue weighted by Gasteiger charge is -2.27. The van der Waals surface area contributed by atoms with Gasteiger partial charge in [0.25, 0.3) is 0 Å². The third kappa shape index (κ3) is 2.68. The molecule has 1 aromatic carbocycles. The van der Waals surface area contributed by atoms with Gasteiger partial charge >= 0.3 is 0 Å². The molecule has 0 amide bonds. The summed E-state index contributed by atoms with van der Waals surface area (Å²) in [5.74, 6) is -1.35. The number of nitrogens with two attached hydrogens (primary N) is 1. The van der Waals surface area contributed by atoms with E-state index in [4.69, 9.17) is 10.5 Å². The molecule has 2 rings (SSSR count). The normalized spacial score (nSPS) is 24.6. The monoisotopic (exact) mass is 241 g/mol. The fourth-order valence-corrected chi connectivity index (χ4v) is 2.18. The van der Waals surface area contributed by atoms with E-state index in [1.165, 1.54) is 6.07 Å². The van der Waals surface area contributed by atoms with Gasteiger partial charge in [0, 0.05) is 0 Å². The Morgan fingerprint density at radius 3 is 2.47 bits per heavy atom. The fraction of sp³-hybridized carbons (Fsp3) is 0.538. The number of halogens is 2. The molecular weight excluding hydrogens is 224 g/mol. The third-order valence-corrected chi connectivity index (χ3v) is 3.33. The maximum atomic E-state index is 13.5. The van der Waals surface area contributed by atoms with Crippen LogP contribution in [0.5, 0.6) is 5.75 Å². The highest BCUT2D eigenvalue weighted by Crippen LogP contribution is 2.32. The predicted octanol–water partition coefficient (Wildman–Crippen LogP) is 3.50. The Balaban J connectivity index is 2.11. The standard InChI is InChI=1S/C13H17F2NO/c1-8-2-4-9(5-3-8)17-13-11(16)7-6-10(14)12(13)15/h6-9H,2-5,16H2,1H3. The molecular formula is C13H17F2NO. The van der Waals surface area contributed by atoms with Crippen LogP contribution in [0.15, 0.2) is 12.1 Å². The van der Waals surface area contributed by atoms with E-state index in [-0.39, 0.29) is 17.5 Å². The van der Waals surface area contributed by atoms with Crippen molar-refractivity contribution in [1.82, 2.24) is 0 Å². The van der Waals surface area contributed by atoms with Gasteiger partial charge in [0.1, 0.15) is 0 Å². The topological polar surface area (TPSA) is 35.2 Å². The van der Waals surface area contributed by atoms with Gasteiger partial charge in [-0.1, -0.05) is 6.92 Å². The van der Waals surface area contributed by atoms with Gasteiger partial charge in [-0.3, -0.25) is 0 Å². The fourth-order valence-electron chi connectivity index (χ4n) is 2.18. The van der Waals surface area contributed by atoms with Crippen LogP contribution in [0.4, 0.5) is 14.5 Å². The lowest BCUT2D eigenvalue weighted by Crippen LogP contribution is -2.24. The lowest BCUT2D eigenvalue weighted by atomic mass is 9.89. The number of benzene rings is 1. The first kappa shape index (κ1) is 12.1. The van der Waals surface area contributed by atoms with Gasteiger partial charge in [0.15, 0.2) is 11.6 Å². The zero-order valence-corrected chi connectivity index (χ0v) is 9.88. The number of anilines is 1. The maximum Gasteiger partial charge on any atom is 0.202 e.